The van der Waals surface area contributed by atoms with Gasteiger partial charge in [-0.25, -0.2) is 0 Å². The third kappa shape index (κ3) is 2.98. The fourth-order valence-electron chi connectivity index (χ4n) is 0.378. The highest BCUT2D eigenvalue weighted by Gasteiger charge is 2.38. The van der Waals surface area contributed by atoms with Gasteiger partial charge in [-0.3, -0.25) is 0 Å². The van der Waals surface area contributed by atoms with E-state index in [2.05, 4.69) is 12.6 Å². The average Bonchev–Trinajstić information content (AvgIpc) is 1.62. The van der Waals surface area contributed by atoms with E-state index in [0.29, 0.717) is 0 Å². The van der Waals surface area contributed by atoms with Crippen molar-refractivity contribution in [2.24, 2.45) is 5.92 Å². The quantitative estimate of drug-likeness (QED) is 0.557. The van der Waals surface area contributed by atoms with Crippen LogP contribution in [0.4, 0.5) is 13.2 Å². The predicted molar refractivity (Wildman–Crippen MR) is 33.7 cm³/mol. The lowest BCUT2D eigenvalue weighted by Gasteiger charge is -2.17. The van der Waals surface area contributed by atoms with Gasteiger partial charge < -0.3 is 0 Å². The normalized spacial score (nSPS) is 16.3. The molecule has 0 aromatic carbocycles. The van der Waals surface area contributed by atoms with Crippen LogP contribution in [0.5, 0.6) is 0 Å². The second kappa shape index (κ2) is 2.82. The molecule has 9 heavy (non-hydrogen) atoms. The Balaban J connectivity index is 3.88. The summed E-state index contributed by atoms with van der Waals surface area (Å²) in [5.74, 6) is -0.451. The highest BCUT2D eigenvalue weighted by atomic mass is 32.1. The molecule has 0 aliphatic heterocycles. The van der Waals surface area contributed by atoms with Gasteiger partial charge in [0.2, 0.25) is 0 Å². The van der Waals surface area contributed by atoms with E-state index in [4.69, 9.17) is 0 Å². The first-order valence-electron chi connectivity index (χ1n) is 2.60. The Bertz CT molecular complexity index is 86.7. The van der Waals surface area contributed by atoms with E-state index >= 15 is 0 Å². The maximum atomic E-state index is 11.6. The Morgan fingerprint density at radius 3 is 1.56 bits per heavy atom. The topological polar surface area (TPSA) is 0 Å². The summed E-state index contributed by atoms with van der Waals surface area (Å²) in [5.41, 5.74) is 0. The molecule has 0 heterocycles. The van der Waals surface area contributed by atoms with Crippen LogP contribution in [0, 0.1) is 5.92 Å². The largest absolute Gasteiger partial charge is 0.400 e. The van der Waals surface area contributed by atoms with Gasteiger partial charge in [-0.05, 0) is 5.92 Å². The SMILES string of the molecule is CC(C)[C@@H](S)C(F)(F)F. The van der Waals surface area contributed by atoms with Gasteiger partial charge in [0, 0.05) is 0 Å². The Labute approximate surface area is 57.9 Å². The van der Waals surface area contributed by atoms with E-state index in [0.717, 1.165) is 0 Å². The third-order valence-corrected chi connectivity index (χ3v) is 1.86. The Kier molecular flexibility index (Phi) is 2.86. The van der Waals surface area contributed by atoms with Crippen LogP contribution in [0.2, 0.25) is 0 Å². The molecule has 0 saturated heterocycles. The number of rotatable bonds is 1. The van der Waals surface area contributed by atoms with Crippen molar-refractivity contribution >= 4 is 12.6 Å². The van der Waals surface area contributed by atoms with Crippen LogP contribution in [0.25, 0.3) is 0 Å². The molecule has 0 amide bonds. The maximum absolute atomic E-state index is 11.6. The molecule has 0 aliphatic carbocycles. The third-order valence-electron chi connectivity index (χ3n) is 0.967. The summed E-state index contributed by atoms with van der Waals surface area (Å²) in [6, 6.07) is 0. The predicted octanol–water partition coefficient (Wildman–Crippen LogP) is 2.50. The second-order valence-corrected chi connectivity index (χ2v) is 2.79. The van der Waals surface area contributed by atoms with Gasteiger partial charge in [-0.2, -0.15) is 25.8 Å². The average molecular weight is 158 g/mol. The van der Waals surface area contributed by atoms with Crippen molar-refractivity contribution in [3.63, 3.8) is 0 Å². The van der Waals surface area contributed by atoms with Crippen LogP contribution >= 0.6 is 12.6 Å². The minimum atomic E-state index is -4.16. The number of alkyl halides is 3. The fraction of sp³-hybridized carbons (Fsp3) is 1.00. The summed E-state index contributed by atoms with van der Waals surface area (Å²) in [6.45, 7) is 2.98. The molecule has 0 nitrogen and oxygen atoms in total. The van der Waals surface area contributed by atoms with Gasteiger partial charge in [0.25, 0.3) is 0 Å². The minimum Gasteiger partial charge on any atom is -0.170 e. The van der Waals surface area contributed by atoms with E-state index in [9.17, 15) is 13.2 Å². The molecule has 1 atom stereocenters. The van der Waals surface area contributed by atoms with Crippen molar-refractivity contribution in [2.75, 3.05) is 0 Å². The summed E-state index contributed by atoms with van der Waals surface area (Å²) >= 11 is 3.38. The zero-order valence-electron chi connectivity index (χ0n) is 5.24. The summed E-state index contributed by atoms with van der Waals surface area (Å²) in [7, 11) is 0. The number of hydrogen-bond acceptors (Lipinski definition) is 1. The molecular weight excluding hydrogens is 149 g/mol. The van der Waals surface area contributed by atoms with E-state index in [1.54, 1.807) is 0 Å². The fourth-order valence-corrected chi connectivity index (χ4v) is 0.378. The lowest BCUT2D eigenvalue weighted by molar-refractivity contribution is -0.135. The van der Waals surface area contributed by atoms with Gasteiger partial charge >= 0.3 is 6.18 Å². The molecule has 0 bridgehead atoms. The molecule has 0 fully saturated rings. The summed E-state index contributed by atoms with van der Waals surface area (Å²) in [6.07, 6.45) is -4.16. The van der Waals surface area contributed by atoms with Crippen molar-refractivity contribution in [2.45, 2.75) is 25.3 Å². The molecular formula is C5H9F3S. The molecule has 0 radical (unpaired) electrons. The molecule has 0 aliphatic rings. The first kappa shape index (κ1) is 9.14. The molecule has 0 aromatic heterocycles. The summed E-state index contributed by atoms with van der Waals surface area (Å²) in [4.78, 5) is 0. The highest BCUT2D eigenvalue weighted by molar-refractivity contribution is 7.81. The first-order chi connectivity index (χ1) is 3.85. The van der Waals surface area contributed by atoms with Crippen LogP contribution in [0.1, 0.15) is 13.8 Å². The standard InChI is InChI=1S/C5H9F3S/c1-3(2)4(9)5(6,7)8/h3-4,9H,1-2H3/t4-/m1/s1. The molecule has 4 heteroatoms. The lowest BCUT2D eigenvalue weighted by atomic mass is 10.1. The second-order valence-electron chi connectivity index (χ2n) is 2.23. The number of thiol groups is 1. The Morgan fingerprint density at radius 1 is 1.22 bits per heavy atom. The lowest BCUT2D eigenvalue weighted by Crippen LogP contribution is -2.28. The Morgan fingerprint density at radius 2 is 1.56 bits per heavy atom. The van der Waals surface area contributed by atoms with Crippen LogP contribution in [-0.2, 0) is 0 Å². The van der Waals surface area contributed by atoms with E-state index in [-0.39, 0.29) is 0 Å². The molecule has 0 saturated carbocycles. The van der Waals surface area contributed by atoms with Crippen molar-refractivity contribution < 1.29 is 13.2 Å². The molecule has 0 aromatic rings. The van der Waals surface area contributed by atoms with Gasteiger partial charge in [-0.15, -0.1) is 0 Å². The van der Waals surface area contributed by atoms with Gasteiger partial charge in [-0.1, -0.05) is 13.8 Å². The van der Waals surface area contributed by atoms with E-state index < -0.39 is 17.3 Å². The van der Waals surface area contributed by atoms with Crippen LogP contribution in [-0.4, -0.2) is 11.4 Å². The molecule has 0 unspecified atom stereocenters. The maximum Gasteiger partial charge on any atom is 0.400 e. The van der Waals surface area contributed by atoms with Crippen molar-refractivity contribution in [1.29, 1.82) is 0 Å². The monoisotopic (exact) mass is 158 g/mol. The van der Waals surface area contributed by atoms with Crippen LogP contribution < -0.4 is 0 Å². The van der Waals surface area contributed by atoms with Gasteiger partial charge in [0.05, 0.1) is 5.25 Å². The zero-order chi connectivity index (χ0) is 7.65. The van der Waals surface area contributed by atoms with Crippen molar-refractivity contribution in [1.82, 2.24) is 0 Å². The first-order valence-corrected chi connectivity index (χ1v) is 3.12. The minimum absolute atomic E-state index is 0.451. The van der Waals surface area contributed by atoms with Gasteiger partial charge in [0.1, 0.15) is 0 Å². The summed E-state index contributed by atoms with van der Waals surface area (Å²) in [5, 5.41) is -1.49. The van der Waals surface area contributed by atoms with E-state index in [1.807, 2.05) is 0 Å². The van der Waals surface area contributed by atoms with Crippen molar-refractivity contribution in [3.8, 4) is 0 Å². The number of halogens is 3. The Hall–Kier alpha value is 0.140. The van der Waals surface area contributed by atoms with E-state index in [1.165, 1.54) is 13.8 Å². The van der Waals surface area contributed by atoms with Crippen LogP contribution in [0.15, 0.2) is 0 Å². The molecule has 0 N–H and O–H groups in total. The molecule has 56 valence electrons. The van der Waals surface area contributed by atoms with Crippen molar-refractivity contribution in [3.05, 3.63) is 0 Å². The molecule has 0 spiro atoms. The molecule has 0 rings (SSSR count). The van der Waals surface area contributed by atoms with Gasteiger partial charge in [0.15, 0.2) is 0 Å². The smallest absolute Gasteiger partial charge is 0.170 e. The summed E-state index contributed by atoms with van der Waals surface area (Å²) < 4.78 is 34.9. The zero-order valence-corrected chi connectivity index (χ0v) is 6.13. The highest BCUT2D eigenvalue weighted by Crippen LogP contribution is 2.29. The van der Waals surface area contributed by atoms with Crippen LogP contribution in [0.3, 0.4) is 0 Å². The number of hydrogen-bond donors (Lipinski definition) is 1.